The molecule has 0 aromatic heterocycles. The summed E-state index contributed by atoms with van der Waals surface area (Å²) >= 11 is 0. The van der Waals surface area contributed by atoms with Crippen molar-refractivity contribution in [2.24, 2.45) is 0 Å². The number of amides is 1. The van der Waals surface area contributed by atoms with E-state index in [9.17, 15) is 9.18 Å². The van der Waals surface area contributed by atoms with E-state index in [1.54, 1.807) is 30.5 Å². The number of fused-ring (bicyclic) bond motifs is 1. The molecule has 0 spiro atoms. The summed E-state index contributed by atoms with van der Waals surface area (Å²) in [6.45, 7) is 15.7. The van der Waals surface area contributed by atoms with Crippen LogP contribution in [0.15, 0.2) is 49.1 Å². The number of benzene rings is 2. The Labute approximate surface area is 215 Å². The summed E-state index contributed by atoms with van der Waals surface area (Å²) in [5.74, 6) is 0.448. The summed E-state index contributed by atoms with van der Waals surface area (Å²) in [6, 6.07) is 11.1. The molecule has 6 nitrogen and oxygen atoms in total. The van der Waals surface area contributed by atoms with E-state index in [0.29, 0.717) is 50.5 Å². The van der Waals surface area contributed by atoms with Crippen molar-refractivity contribution < 1.29 is 18.7 Å². The molecule has 0 saturated carbocycles. The first kappa shape index (κ1) is 29.2. The third-order valence-electron chi connectivity index (χ3n) is 5.92. The average Bonchev–Trinajstić information content (AvgIpc) is 2.81. The minimum atomic E-state index is -0.526. The maximum Gasteiger partial charge on any atom is 0.410 e. The van der Waals surface area contributed by atoms with E-state index in [-0.39, 0.29) is 11.9 Å². The summed E-state index contributed by atoms with van der Waals surface area (Å²) < 4.78 is 26.3. The fourth-order valence-corrected chi connectivity index (χ4v) is 3.98. The van der Waals surface area contributed by atoms with E-state index in [4.69, 9.17) is 9.47 Å². The maximum absolute atomic E-state index is 14.4. The SMILES string of the molecule is C=C[CH-]NCCN([CH2-])CC(Oc1ccc2c(c1)CCN(C(=O)OC(C)(C)C)C2)c1ccc(C)c(F)c1.[Lr]. The number of nitrogens with zero attached hydrogens (tertiary/aromatic N) is 2. The van der Waals surface area contributed by atoms with E-state index in [1.165, 1.54) is 6.07 Å². The van der Waals surface area contributed by atoms with Crippen molar-refractivity contribution in [3.8, 4) is 5.75 Å². The van der Waals surface area contributed by atoms with E-state index in [2.05, 4.69) is 18.9 Å². The quantitative estimate of drug-likeness (QED) is 0.254. The maximum atomic E-state index is 14.4. The molecule has 1 radical (unpaired) electrons. The monoisotopic (exact) mass is 757 g/mol. The van der Waals surface area contributed by atoms with Crippen LogP contribution >= 0.6 is 0 Å². The number of aryl methyl sites for hydroxylation is 1. The Morgan fingerprint density at radius 2 is 2.05 bits per heavy atom. The van der Waals surface area contributed by atoms with Crippen LogP contribution in [0.1, 0.15) is 49.1 Å². The molecule has 0 saturated heterocycles. The second-order valence-electron chi connectivity index (χ2n) is 10.1. The summed E-state index contributed by atoms with van der Waals surface area (Å²) in [5.41, 5.74) is 3.03. The predicted molar refractivity (Wildman–Crippen MR) is 141 cm³/mol. The molecule has 1 aliphatic rings. The van der Waals surface area contributed by atoms with Crippen LogP contribution in [-0.2, 0) is 17.7 Å². The summed E-state index contributed by atoms with van der Waals surface area (Å²) in [4.78, 5) is 16.1. The zero-order valence-corrected chi connectivity index (χ0v) is 24.3. The Bertz CT molecular complexity index is 1060. The van der Waals surface area contributed by atoms with Crippen molar-refractivity contribution >= 4 is 6.09 Å². The first-order chi connectivity index (χ1) is 17.1. The van der Waals surface area contributed by atoms with Gasteiger partial charge in [-0.2, -0.15) is 6.54 Å². The smallest absolute Gasteiger partial charge is 0.410 e. The van der Waals surface area contributed by atoms with Gasteiger partial charge in [0.1, 0.15) is 23.3 Å². The van der Waals surface area contributed by atoms with Gasteiger partial charge in [-0.05, 0) is 87.7 Å². The molecule has 1 N–H and O–H groups in total. The van der Waals surface area contributed by atoms with Crippen LogP contribution in [0.25, 0.3) is 0 Å². The van der Waals surface area contributed by atoms with Crippen LogP contribution in [0.4, 0.5) is 9.18 Å². The van der Waals surface area contributed by atoms with Crippen molar-refractivity contribution in [3.05, 3.63) is 90.7 Å². The number of hydrogen-bond donors (Lipinski definition) is 1. The van der Waals surface area contributed by atoms with Crippen LogP contribution in [0, 0.1) is 26.3 Å². The fraction of sp³-hybridized carbons (Fsp3) is 0.414. The Kier molecular flexibility index (Phi) is 10.1. The van der Waals surface area contributed by atoms with Crippen LogP contribution in [0.3, 0.4) is 0 Å². The van der Waals surface area contributed by atoms with Crippen molar-refractivity contribution in [2.45, 2.75) is 52.4 Å². The standard InChI is InChI=1S/C29H38FN3O3.Lr/c1-7-13-31-14-16-32(6)20-27(23-9-8-21(2)26(30)18-23)35-25-11-10-24-19-33(15-12-22(24)17-25)28(34)36-29(3,4)5;/h7-11,13,17-18,27,31H,1,6,12,14-16,19-20H2,2-5H3;/q-2;. The summed E-state index contributed by atoms with van der Waals surface area (Å²) in [5, 5.41) is 3.14. The van der Waals surface area contributed by atoms with Crippen LogP contribution in [0.2, 0.25) is 0 Å². The Balaban J connectivity index is 0.00000481. The van der Waals surface area contributed by atoms with Crippen molar-refractivity contribution in [2.75, 3.05) is 26.2 Å². The van der Waals surface area contributed by atoms with Crippen LogP contribution in [-0.4, -0.2) is 47.7 Å². The molecule has 1 aliphatic heterocycles. The summed E-state index contributed by atoms with van der Waals surface area (Å²) in [6.07, 6.45) is 1.70. The Morgan fingerprint density at radius 3 is 2.73 bits per heavy atom. The van der Waals surface area contributed by atoms with E-state index in [0.717, 1.165) is 16.7 Å². The molecule has 1 heterocycles. The van der Waals surface area contributed by atoms with Gasteiger partial charge in [0, 0.05) is 19.6 Å². The zero-order chi connectivity index (χ0) is 26.3. The van der Waals surface area contributed by atoms with Gasteiger partial charge in [0.15, 0.2) is 0 Å². The minimum Gasteiger partial charge on any atom is -0.484 e. The third-order valence-corrected chi connectivity index (χ3v) is 5.92. The van der Waals surface area contributed by atoms with Gasteiger partial charge in [0.25, 0.3) is 0 Å². The molecule has 8 heteroatoms. The molecule has 3 rings (SSSR count). The zero-order valence-electron chi connectivity index (χ0n) is 22.1. The topological polar surface area (TPSA) is 54.0 Å². The molecule has 0 aliphatic carbocycles. The number of ether oxygens (including phenoxy) is 2. The van der Waals surface area contributed by atoms with Gasteiger partial charge < -0.3 is 24.6 Å². The normalized spacial score (nSPS) is 13.9. The number of nitrogens with one attached hydrogen (secondary N) is 1. The Morgan fingerprint density at radius 1 is 1.30 bits per heavy atom. The van der Waals surface area contributed by atoms with Crippen molar-refractivity contribution in [1.29, 1.82) is 0 Å². The Hall–Kier alpha value is -4.03. The molecule has 2 aromatic rings. The second kappa shape index (κ2) is 12.8. The van der Waals surface area contributed by atoms with Gasteiger partial charge in [-0.1, -0.05) is 18.2 Å². The largest absolute Gasteiger partial charge is 0.484 e. The number of hydrogen-bond acceptors (Lipinski definition) is 5. The molecular formula is C29H38FLrN3O3-2. The first-order valence-corrected chi connectivity index (χ1v) is 12.3. The molecule has 1 amide bonds. The summed E-state index contributed by atoms with van der Waals surface area (Å²) in [7, 11) is 4.13. The van der Waals surface area contributed by atoms with Gasteiger partial charge in [-0.3, -0.25) is 7.05 Å². The van der Waals surface area contributed by atoms with Crippen LogP contribution < -0.4 is 10.1 Å². The van der Waals surface area contributed by atoms with Crippen molar-refractivity contribution in [3.63, 3.8) is 0 Å². The van der Waals surface area contributed by atoms with Gasteiger partial charge in [-0.25, -0.2) is 21.8 Å². The van der Waals surface area contributed by atoms with E-state index in [1.807, 2.05) is 49.9 Å². The fourth-order valence-electron chi connectivity index (χ4n) is 3.98. The van der Waals surface area contributed by atoms with Gasteiger partial charge >= 0.3 is 6.09 Å². The molecule has 1 unspecified atom stereocenters. The molecule has 0 bridgehead atoms. The number of carbonyl (C=O) groups excluding carboxylic acids is 1. The van der Waals surface area contributed by atoms with Gasteiger partial charge in [0.2, 0.25) is 0 Å². The van der Waals surface area contributed by atoms with E-state index < -0.39 is 11.7 Å². The molecule has 0 fully saturated rings. The number of halogens is 1. The molecule has 37 heavy (non-hydrogen) atoms. The van der Waals surface area contributed by atoms with Gasteiger partial charge in [-0.15, -0.1) is 0 Å². The number of carbonyl (C=O) groups is 1. The second-order valence-corrected chi connectivity index (χ2v) is 10.1. The average molecular weight is 758 g/mol. The molecule has 2 aromatic carbocycles. The number of rotatable bonds is 10. The first-order valence-electron chi connectivity index (χ1n) is 12.3. The van der Waals surface area contributed by atoms with E-state index >= 15 is 0 Å². The predicted octanol–water partition coefficient (Wildman–Crippen LogP) is 5.58. The van der Waals surface area contributed by atoms with Crippen molar-refractivity contribution in [1.82, 2.24) is 15.1 Å². The third kappa shape index (κ3) is 8.54. The molecule has 211 valence electrons. The van der Waals surface area contributed by atoms with Crippen LogP contribution in [0.5, 0.6) is 5.75 Å². The van der Waals surface area contributed by atoms with Gasteiger partial charge in [0.05, 0.1) is 0 Å². The molecule has 1 atom stereocenters. The minimum absolute atomic E-state index is 0. The molecular weight excluding hydrogens is 719 g/mol.